The van der Waals surface area contributed by atoms with E-state index in [2.05, 4.69) is 6.92 Å². The van der Waals surface area contributed by atoms with Crippen LogP contribution >= 0.6 is 0 Å². The van der Waals surface area contributed by atoms with Crippen LogP contribution in [0.2, 0.25) is 0 Å². The van der Waals surface area contributed by atoms with Crippen LogP contribution in [0.4, 0.5) is 0 Å². The number of carbonyl (C=O) groups excluding carboxylic acids is 2. The maximum Gasteiger partial charge on any atom is 0.341 e. The van der Waals surface area contributed by atoms with Gasteiger partial charge in [0.2, 0.25) is 0 Å². The molecule has 0 fully saturated rings. The molecule has 0 amide bonds. The fourth-order valence-corrected chi connectivity index (χ4v) is 1.54. The number of Topliss-reactive ketones (excluding diaryl/α,β-unsaturated/α-hetero) is 1. The van der Waals surface area contributed by atoms with E-state index in [-0.39, 0.29) is 11.4 Å². The average Bonchev–Trinajstić information content (AvgIpc) is 2.33. The van der Waals surface area contributed by atoms with Gasteiger partial charge in [-0.05, 0) is 26.2 Å². The molecule has 98 valence electrons. The van der Waals surface area contributed by atoms with Gasteiger partial charge in [-0.25, -0.2) is 4.79 Å². The molecular weight excluding hydrogens is 216 g/mol. The van der Waals surface area contributed by atoms with Gasteiger partial charge in [-0.1, -0.05) is 32.8 Å². The molecule has 0 bridgehead atoms. The molecule has 0 saturated carbocycles. The zero-order valence-corrected chi connectivity index (χ0v) is 11.5. The second-order valence-corrected chi connectivity index (χ2v) is 4.17. The van der Waals surface area contributed by atoms with Gasteiger partial charge in [-0.2, -0.15) is 0 Å². The zero-order chi connectivity index (χ0) is 13.3. The fraction of sp³-hybridized carbons (Fsp3) is 0.714. The number of carbonyl (C=O) groups is 2. The van der Waals surface area contributed by atoms with Crippen molar-refractivity contribution < 1.29 is 14.3 Å². The summed E-state index contributed by atoms with van der Waals surface area (Å²) in [5.41, 5.74) is 1.13. The van der Waals surface area contributed by atoms with E-state index in [1.165, 1.54) is 0 Å². The number of ketones is 1. The van der Waals surface area contributed by atoms with Gasteiger partial charge in [-0.3, -0.25) is 4.79 Å². The van der Waals surface area contributed by atoms with E-state index >= 15 is 0 Å². The minimum Gasteiger partial charge on any atom is -0.462 e. The smallest absolute Gasteiger partial charge is 0.341 e. The first-order chi connectivity index (χ1) is 8.08. The topological polar surface area (TPSA) is 43.4 Å². The lowest BCUT2D eigenvalue weighted by Gasteiger charge is -2.10. The van der Waals surface area contributed by atoms with Crippen molar-refractivity contribution in [2.24, 2.45) is 0 Å². The number of hydrogen-bond donors (Lipinski definition) is 0. The molecule has 0 spiro atoms. The molecule has 3 nitrogen and oxygen atoms in total. The minimum atomic E-state index is -0.452. The molecule has 0 unspecified atom stereocenters. The van der Waals surface area contributed by atoms with Crippen molar-refractivity contribution in [1.82, 2.24) is 0 Å². The number of unbranched alkanes of at least 4 members (excludes halogenated alkanes) is 1. The van der Waals surface area contributed by atoms with Crippen LogP contribution < -0.4 is 0 Å². The highest BCUT2D eigenvalue weighted by molar-refractivity contribution is 6.17. The third-order valence-corrected chi connectivity index (χ3v) is 2.57. The standard InChI is InChI=1S/C14H24O3/c1-5-8-9-11(4)13(12(15)7-3)14(16)17-10-6-2/h5-10H2,1-4H3. The van der Waals surface area contributed by atoms with Crippen LogP contribution in [0.3, 0.4) is 0 Å². The van der Waals surface area contributed by atoms with Crippen molar-refractivity contribution in [1.29, 1.82) is 0 Å². The molecule has 0 aromatic heterocycles. The maximum atomic E-state index is 11.8. The molecule has 0 saturated heterocycles. The molecule has 0 aliphatic rings. The molecule has 0 aromatic rings. The van der Waals surface area contributed by atoms with Crippen LogP contribution in [0, 0.1) is 0 Å². The van der Waals surface area contributed by atoms with E-state index < -0.39 is 5.97 Å². The van der Waals surface area contributed by atoms with E-state index in [0.717, 1.165) is 31.3 Å². The van der Waals surface area contributed by atoms with Crippen LogP contribution in [0.1, 0.15) is 59.8 Å². The summed E-state index contributed by atoms with van der Waals surface area (Å²) in [6, 6.07) is 0. The maximum absolute atomic E-state index is 11.8. The summed E-state index contributed by atoms with van der Waals surface area (Å²) in [6.45, 7) is 8.01. The van der Waals surface area contributed by atoms with Gasteiger partial charge in [-0.15, -0.1) is 0 Å². The molecule has 0 N–H and O–H groups in total. The first kappa shape index (κ1) is 15.9. The minimum absolute atomic E-state index is 0.111. The molecule has 3 heteroatoms. The number of esters is 1. The molecule has 0 aromatic carbocycles. The van der Waals surface area contributed by atoms with E-state index in [1.54, 1.807) is 6.92 Å². The second-order valence-electron chi connectivity index (χ2n) is 4.17. The monoisotopic (exact) mass is 240 g/mol. The molecule has 17 heavy (non-hydrogen) atoms. The first-order valence-corrected chi connectivity index (χ1v) is 6.48. The van der Waals surface area contributed by atoms with E-state index in [4.69, 9.17) is 4.74 Å². The summed E-state index contributed by atoms with van der Waals surface area (Å²) < 4.78 is 5.06. The van der Waals surface area contributed by atoms with Crippen LogP contribution in [0.25, 0.3) is 0 Å². The molecule has 0 radical (unpaired) electrons. The van der Waals surface area contributed by atoms with Crippen LogP contribution in [-0.4, -0.2) is 18.4 Å². The summed E-state index contributed by atoms with van der Waals surface area (Å²) >= 11 is 0. The zero-order valence-electron chi connectivity index (χ0n) is 11.5. The highest BCUT2D eigenvalue weighted by Gasteiger charge is 2.20. The van der Waals surface area contributed by atoms with E-state index in [1.807, 2.05) is 13.8 Å². The Morgan fingerprint density at radius 3 is 2.18 bits per heavy atom. The summed E-state index contributed by atoms with van der Waals surface area (Å²) in [6.07, 6.45) is 3.95. The lowest BCUT2D eigenvalue weighted by molar-refractivity contribution is -0.140. The summed E-state index contributed by atoms with van der Waals surface area (Å²) in [7, 11) is 0. The van der Waals surface area contributed by atoms with Crippen LogP contribution in [-0.2, 0) is 14.3 Å². The SMILES string of the molecule is CCCCC(C)=C(C(=O)CC)C(=O)OCCC. The summed E-state index contributed by atoms with van der Waals surface area (Å²) in [5, 5.41) is 0. The molecule has 0 heterocycles. The van der Waals surface area contributed by atoms with Crippen molar-refractivity contribution in [3.63, 3.8) is 0 Å². The normalized spacial score (nSPS) is 12.0. The Bertz CT molecular complexity index is 290. The molecule has 0 aliphatic carbocycles. The van der Waals surface area contributed by atoms with Crippen LogP contribution in [0.5, 0.6) is 0 Å². The Labute approximate surface area is 104 Å². The predicted octanol–water partition coefficient (Wildman–Crippen LogP) is 3.43. The van der Waals surface area contributed by atoms with E-state index in [9.17, 15) is 9.59 Å². The average molecular weight is 240 g/mol. The number of ether oxygens (including phenoxy) is 1. The van der Waals surface area contributed by atoms with Crippen molar-refractivity contribution in [3.8, 4) is 0 Å². The summed E-state index contributed by atoms with van der Waals surface area (Å²) in [5.74, 6) is -0.563. The first-order valence-electron chi connectivity index (χ1n) is 6.48. The number of rotatable bonds is 8. The summed E-state index contributed by atoms with van der Waals surface area (Å²) in [4.78, 5) is 23.6. The molecule has 0 rings (SSSR count). The van der Waals surface area contributed by atoms with Gasteiger partial charge < -0.3 is 4.74 Å². The quantitative estimate of drug-likeness (QED) is 0.282. The van der Waals surface area contributed by atoms with Crippen molar-refractivity contribution in [2.45, 2.75) is 59.8 Å². The third-order valence-electron chi connectivity index (χ3n) is 2.57. The van der Waals surface area contributed by atoms with Crippen molar-refractivity contribution >= 4 is 11.8 Å². The van der Waals surface area contributed by atoms with Crippen molar-refractivity contribution in [2.75, 3.05) is 6.61 Å². The van der Waals surface area contributed by atoms with Gasteiger partial charge >= 0.3 is 5.97 Å². The Morgan fingerprint density at radius 2 is 1.71 bits per heavy atom. The lowest BCUT2D eigenvalue weighted by atomic mass is 9.99. The number of allylic oxidation sites excluding steroid dienone is 1. The van der Waals surface area contributed by atoms with Gasteiger partial charge in [0.1, 0.15) is 5.57 Å². The Kier molecular flexibility index (Phi) is 8.38. The second kappa shape index (κ2) is 8.97. The predicted molar refractivity (Wildman–Crippen MR) is 68.8 cm³/mol. The fourth-order valence-electron chi connectivity index (χ4n) is 1.54. The van der Waals surface area contributed by atoms with Crippen LogP contribution in [0.15, 0.2) is 11.1 Å². The van der Waals surface area contributed by atoms with Gasteiger partial charge in [0, 0.05) is 6.42 Å². The highest BCUT2D eigenvalue weighted by Crippen LogP contribution is 2.16. The highest BCUT2D eigenvalue weighted by atomic mass is 16.5. The Balaban J connectivity index is 4.85. The van der Waals surface area contributed by atoms with E-state index in [0.29, 0.717) is 13.0 Å². The Hall–Kier alpha value is -1.12. The Morgan fingerprint density at radius 1 is 1.06 bits per heavy atom. The van der Waals surface area contributed by atoms with Gasteiger partial charge in [0.25, 0.3) is 0 Å². The van der Waals surface area contributed by atoms with Gasteiger partial charge in [0.15, 0.2) is 5.78 Å². The largest absolute Gasteiger partial charge is 0.462 e. The van der Waals surface area contributed by atoms with Crippen molar-refractivity contribution in [3.05, 3.63) is 11.1 Å². The molecule has 0 aliphatic heterocycles. The van der Waals surface area contributed by atoms with Gasteiger partial charge in [0.05, 0.1) is 6.61 Å². The number of hydrogen-bond acceptors (Lipinski definition) is 3. The molecule has 0 atom stereocenters. The third kappa shape index (κ3) is 5.66. The lowest BCUT2D eigenvalue weighted by Crippen LogP contribution is -2.17. The molecular formula is C14H24O3.